The van der Waals surface area contributed by atoms with Crippen molar-refractivity contribution in [3.05, 3.63) is 33.9 Å². The van der Waals surface area contributed by atoms with Gasteiger partial charge < -0.3 is 14.5 Å². The Balaban J connectivity index is 1.59. The smallest absolute Gasteiger partial charge is 0.416 e. The number of nitro benzene ring substituents is 1. The average Bonchev–Trinajstić information content (AvgIpc) is 3.41. The quantitative estimate of drug-likeness (QED) is 0.417. The largest absolute Gasteiger partial charge is 0.455 e. The van der Waals surface area contributed by atoms with Crippen molar-refractivity contribution < 1.29 is 32.4 Å². The molecule has 2 atom stereocenters. The summed E-state index contributed by atoms with van der Waals surface area (Å²) in [6, 6.07) is 2.40. The van der Waals surface area contributed by atoms with Gasteiger partial charge in [-0.05, 0) is 24.5 Å². The average molecular weight is 415 g/mol. The topological polar surface area (TPSA) is 93.0 Å². The Morgan fingerprint density at radius 1 is 1.24 bits per heavy atom. The van der Waals surface area contributed by atoms with Crippen molar-refractivity contribution >= 4 is 23.3 Å². The number of nitrogens with zero attached hydrogens (tertiary/aromatic N) is 3. The minimum atomic E-state index is -4.68. The molecular formula is C18H20F3N3O5. The molecule has 0 unspecified atom stereocenters. The lowest BCUT2D eigenvalue weighted by Gasteiger charge is -2.35. The number of amides is 1. The van der Waals surface area contributed by atoms with Crippen LogP contribution in [0.4, 0.5) is 24.5 Å². The van der Waals surface area contributed by atoms with Gasteiger partial charge in [-0.3, -0.25) is 19.7 Å². The minimum Gasteiger partial charge on any atom is -0.455 e. The summed E-state index contributed by atoms with van der Waals surface area (Å²) in [6.45, 7) is 2.43. The molecule has 0 spiro atoms. The molecule has 11 heteroatoms. The lowest BCUT2D eigenvalue weighted by Crippen LogP contribution is -2.50. The van der Waals surface area contributed by atoms with Crippen LogP contribution in [0.3, 0.4) is 0 Å². The van der Waals surface area contributed by atoms with Crippen LogP contribution in [0, 0.1) is 22.0 Å². The molecule has 1 aliphatic carbocycles. The Hall–Kier alpha value is -2.85. The third-order valence-corrected chi connectivity index (χ3v) is 5.22. The lowest BCUT2D eigenvalue weighted by atomic mass is 10.1. The van der Waals surface area contributed by atoms with E-state index in [1.165, 1.54) is 4.90 Å². The SMILES string of the molecule is C[C@@H]1C[C@H]1C(=O)OCC(=O)N1CCN(c2ccc(C(F)(F)F)cc2[N+](=O)[O-])CC1. The lowest BCUT2D eigenvalue weighted by molar-refractivity contribution is -0.384. The van der Waals surface area contributed by atoms with Crippen molar-refractivity contribution in [2.24, 2.45) is 11.8 Å². The number of nitro groups is 1. The molecule has 2 fully saturated rings. The summed E-state index contributed by atoms with van der Waals surface area (Å²) in [7, 11) is 0. The minimum absolute atomic E-state index is 0.0734. The number of ether oxygens (including phenoxy) is 1. The van der Waals surface area contributed by atoms with E-state index >= 15 is 0 Å². The maximum absolute atomic E-state index is 12.8. The first kappa shape index (κ1) is 20.9. The highest BCUT2D eigenvalue weighted by molar-refractivity contribution is 5.82. The van der Waals surface area contributed by atoms with Gasteiger partial charge in [0.2, 0.25) is 0 Å². The van der Waals surface area contributed by atoms with Gasteiger partial charge in [-0.25, -0.2) is 0 Å². The van der Waals surface area contributed by atoms with Crippen LogP contribution in [0.15, 0.2) is 18.2 Å². The van der Waals surface area contributed by atoms with Gasteiger partial charge in [0.05, 0.1) is 16.4 Å². The van der Waals surface area contributed by atoms with Crippen molar-refractivity contribution in [1.82, 2.24) is 4.90 Å². The Kier molecular flexibility index (Phi) is 5.67. The van der Waals surface area contributed by atoms with Crippen LogP contribution in [0.2, 0.25) is 0 Å². The fraction of sp³-hybridized carbons (Fsp3) is 0.556. The van der Waals surface area contributed by atoms with E-state index in [-0.39, 0.29) is 62.2 Å². The number of benzene rings is 1. The molecule has 29 heavy (non-hydrogen) atoms. The number of carbonyl (C=O) groups excluding carboxylic acids is 2. The van der Waals surface area contributed by atoms with E-state index in [0.29, 0.717) is 6.07 Å². The molecule has 1 heterocycles. The second-order valence-corrected chi connectivity index (χ2v) is 7.25. The van der Waals surface area contributed by atoms with Gasteiger partial charge in [0, 0.05) is 32.2 Å². The molecule has 1 aliphatic heterocycles. The molecule has 0 aromatic heterocycles. The summed E-state index contributed by atoms with van der Waals surface area (Å²) in [4.78, 5) is 37.3. The van der Waals surface area contributed by atoms with Crippen LogP contribution in [0.1, 0.15) is 18.9 Å². The Labute approximate surface area is 164 Å². The Morgan fingerprint density at radius 2 is 1.86 bits per heavy atom. The van der Waals surface area contributed by atoms with Crippen molar-refractivity contribution in [3.63, 3.8) is 0 Å². The predicted octanol–water partition coefficient (Wildman–Crippen LogP) is 2.46. The van der Waals surface area contributed by atoms with Gasteiger partial charge in [0.25, 0.3) is 11.6 Å². The van der Waals surface area contributed by atoms with Gasteiger partial charge in [-0.2, -0.15) is 13.2 Å². The molecule has 1 aromatic carbocycles. The molecular weight excluding hydrogens is 395 g/mol. The highest BCUT2D eigenvalue weighted by Crippen LogP contribution is 2.39. The zero-order valence-corrected chi connectivity index (χ0v) is 15.6. The fourth-order valence-electron chi connectivity index (χ4n) is 3.29. The maximum atomic E-state index is 12.8. The van der Waals surface area contributed by atoms with E-state index in [9.17, 15) is 32.9 Å². The van der Waals surface area contributed by atoms with E-state index < -0.39 is 22.4 Å². The van der Waals surface area contributed by atoms with Crippen molar-refractivity contribution in [2.45, 2.75) is 19.5 Å². The van der Waals surface area contributed by atoms with Crippen LogP contribution < -0.4 is 4.90 Å². The van der Waals surface area contributed by atoms with E-state index in [0.717, 1.165) is 18.6 Å². The molecule has 0 bridgehead atoms. The van der Waals surface area contributed by atoms with E-state index in [4.69, 9.17) is 4.74 Å². The third-order valence-electron chi connectivity index (χ3n) is 5.22. The monoisotopic (exact) mass is 415 g/mol. The summed E-state index contributed by atoms with van der Waals surface area (Å²) < 4.78 is 43.5. The Morgan fingerprint density at radius 3 is 2.38 bits per heavy atom. The molecule has 8 nitrogen and oxygen atoms in total. The summed E-state index contributed by atoms with van der Waals surface area (Å²) in [6.07, 6.45) is -3.91. The maximum Gasteiger partial charge on any atom is 0.416 e. The molecule has 158 valence electrons. The molecule has 0 N–H and O–H groups in total. The van der Waals surface area contributed by atoms with Crippen molar-refractivity contribution in [1.29, 1.82) is 0 Å². The summed E-state index contributed by atoms with van der Waals surface area (Å²) in [5.74, 6) is -0.612. The molecule has 1 saturated heterocycles. The third kappa shape index (κ3) is 4.77. The van der Waals surface area contributed by atoms with Crippen LogP contribution >= 0.6 is 0 Å². The molecule has 2 aliphatic rings. The van der Waals surface area contributed by atoms with Gasteiger partial charge in [-0.15, -0.1) is 0 Å². The number of anilines is 1. The molecule has 1 aromatic rings. The second kappa shape index (κ2) is 7.88. The number of hydrogen-bond acceptors (Lipinski definition) is 6. The first-order valence-corrected chi connectivity index (χ1v) is 9.13. The number of rotatable bonds is 5. The Bertz CT molecular complexity index is 821. The molecule has 0 radical (unpaired) electrons. The second-order valence-electron chi connectivity index (χ2n) is 7.25. The van der Waals surface area contributed by atoms with Gasteiger partial charge >= 0.3 is 12.1 Å². The zero-order valence-electron chi connectivity index (χ0n) is 15.6. The van der Waals surface area contributed by atoms with Crippen LogP contribution in [-0.4, -0.2) is 54.5 Å². The standard InChI is InChI=1S/C18H20F3N3O5/c1-11-8-13(11)17(26)29-10-16(25)23-6-4-22(5-7-23)14-3-2-12(18(19,20)21)9-15(14)24(27)28/h2-3,9,11,13H,4-8,10H2,1H3/t11-,13-/m1/s1. The highest BCUT2D eigenvalue weighted by Gasteiger charge is 2.41. The van der Waals surface area contributed by atoms with Crippen LogP contribution in [0.5, 0.6) is 0 Å². The normalized spacial score (nSPS) is 21.7. The van der Waals surface area contributed by atoms with Gasteiger partial charge in [0.1, 0.15) is 5.69 Å². The van der Waals surface area contributed by atoms with Crippen molar-refractivity contribution in [3.8, 4) is 0 Å². The van der Waals surface area contributed by atoms with E-state index in [2.05, 4.69) is 0 Å². The zero-order chi connectivity index (χ0) is 21.3. The van der Waals surface area contributed by atoms with Crippen molar-refractivity contribution in [2.75, 3.05) is 37.7 Å². The number of piperazine rings is 1. The summed E-state index contributed by atoms with van der Waals surface area (Å²) >= 11 is 0. The number of hydrogen-bond donors (Lipinski definition) is 0. The molecule has 3 rings (SSSR count). The number of halogens is 3. The van der Waals surface area contributed by atoms with Crippen LogP contribution in [0.25, 0.3) is 0 Å². The first-order chi connectivity index (χ1) is 13.6. The first-order valence-electron chi connectivity index (χ1n) is 9.13. The summed E-state index contributed by atoms with van der Waals surface area (Å²) in [5.41, 5.74) is -1.65. The number of esters is 1. The predicted molar refractivity (Wildman–Crippen MR) is 95.1 cm³/mol. The van der Waals surface area contributed by atoms with Gasteiger partial charge in [0.15, 0.2) is 6.61 Å². The van der Waals surface area contributed by atoms with Crippen LogP contribution in [-0.2, 0) is 20.5 Å². The van der Waals surface area contributed by atoms with E-state index in [1.54, 1.807) is 4.90 Å². The number of alkyl halides is 3. The van der Waals surface area contributed by atoms with Gasteiger partial charge in [-0.1, -0.05) is 6.92 Å². The number of carbonyl (C=O) groups is 2. The summed E-state index contributed by atoms with van der Waals surface area (Å²) in [5, 5.41) is 11.2. The fourth-order valence-corrected chi connectivity index (χ4v) is 3.29. The highest BCUT2D eigenvalue weighted by atomic mass is 19.4. The molecule has 1 saturated carbocycles. The van der Waals surface area contributed by atoms with E-state index in [1.807, 2.05) is 6.92 Å². The molecule has 1 amide bonds.